The summed E-state index contributed by atoms with van der Waals surface area (Å²) in [5.41, 5.74) is 20.0. The maximum absolute atomic E-state index is 6.58. The summed E-state index contributed by atoms with van der Waals surface area (Å²) < 4.78 is 0. The minimum absolute atomic E-state index is 0.544. The molecular formula is C32H30N4. The molecule has 4 N–H and O–H groups in total. The van der Waals surface area contributed by atoms with Crippen molar-refractivity contribution >= 4 is 28.0 Å². The molecule has 4 nitrogen and oxygen atoms in total. The van der Waals surface area contributed by atoms with Crippen molar-refractivity contribution < 1.29 is 0 Å². The summed E-state index contributed by atoms with van der Waals surface area (Å²) in [5, 5.41) is 2.32. The lowest BCUT2D eigenvalue weighted by atomic mass is 9.94. The molecule has 5 aromatic rings. The molecule has 0 spiro atoms. The lowest BCUT2D eigenvalue weighted by Crippen LogP contribution is -2.17. The fraction of sp³-hybridized carbons (Fsp3) is 0.0938. The molecule has 178 valence electrons. The van der Waals surface area contributed by atoms with Gasteiger partial charge in [-0.15, -0.1) is 0 Å². The second-order valence-electron chi connectivity index (χ2n) is 9.04. The lowest BCUT2D eigenvalue weighted by molar-refractivity contribution is 0.925. The van der Waals surface area contributed by atoms with Crippen molar-refractivity contribution in [3.8, 4) is 11.1 Å². The standard InChI is InChI=1S/C32H30N4/c1-36(31-14-8-7-13-30(31)33)22-24-15-17-25(18-16-24)28-19-26-11-5-6-12-27(26)20-29(28)32(34)35-21-23-9-3-2-4-10-23/h2-20H,21-22,33H2,1H3,(H2,34,35). The van der Waals surface area contributed by atoms with Crippen molar-refractivity contribution in [2.75, 3.05) is 17.7 Å². The van der Waals surface area contributed by atoms with Crippen LogP contribution in [-0.2, 0) is 13.1 Å². The maximum atomic E-state index is 6.58. The lowest BCUT2D eigenvalue weighted by Gasteiger charge is -2.21. The van der Waals surface area contributed by atoms with Crippen molar-refractivity contribution in [3.05, 3.63) is 132 Å². The van der Waals surface area contributed by atoms with Crippen molar-refractivity contribution in [2.24, 2.45) is 10.7 Å². The Kier molecular flexibility index (Phi) is 6.67. The Morgan fingerprint density at radius 3 is 2.08 bits per heavy atom. The first kappa shape index (κ1) is 23.2. The predicted octanol–water partition coefficient (Wildman–Crippen LogP) is 6.63. The van der Waals surface area contributed by atoms with Crippen LogP contribution in [0.1, 0.15) is 16.7 Å². The summed E-state index contributed by atoms with van der Waals surface area (Å²) in [5.74, 6) is 0.544. The predicted molar refractivity (Wildman–Crippen MR) is 153 cm³/mol. The van der Waals surface area contributed by atoms with Crippen LogP contribution in [0.3, 0.4) is 0 Å². The summed E-state index contributed by atoms with van der Waals surface area (Å²) in [6, 6.07) is 39.5. The molecule has 0 radical (unpaired) electrons. The SMILES string of the molecule is CN(Cc1ccc(-c2cc3ccccc3cc2/C(N)=N/Cc2ccccc2)cc1)c1ccccc1N. The number of aliphatic imine (C=N–C) groups is 1. The van der Waals surface area contributed by atoms with Crippen LogP contribution < -0.4 is 16.4 Å². The number of benzene rings is 5. The van der Waals surface area contributed by atoms with Gasteiger partial charge in [0.2, 0.25) is 0 Å². The molecule has 0 fully saturated rings. The molecule has 0 aromatic heterocycles. The zero-order valence-electron chi connectivity index (χ0n) is 20.4. The Hall–Kier alpha value is -4.57. The van der Waals surface area contributed by atoms with Gasteiger partial charge in [0.25, 0.3) is 0 Å². The van der Waals surface area contributed by atoms with Crippen molar-refractivity contribution in [1.82, 2.24) is 0 Å². The average Bonchev–Trinajstić information content (AvgIpc) is 2.92. The van der Waals surface area contributed by atoms with E-state index in [-0.39, 0.29) is 0 Å². The zero-order valence-corrected chi connectivity index (χ0v) is 20.4. The van der Waals surface area contributed by atoms with Crippen LogP contribution in [0.15, 0.2) is 120 Å². The Bertz CT molecular complexity index is 1510. The van der Waals surface area contributed by atoms with E-state index < -0.39 is 0 Å². The Labute approximate surface area is 212 Å². The second kappa shape index (κ2) is 10.4. The highest BCUT2D eigenvalue weighted by Crippen LogP contribution is 2.30. The normalized spacial score (nSPS) is 11.5. The minimum Gasteiger partial charge on any atom is -0.397 e. The zero-order chi connectivity index (χ0) is 24.9. The van der Waals surface area contributed by atoms with E-state index in [0.29, 0.717) is 12.4 Å². The van der Waals surface area contributed by atoms with Gasteiger partial charge in [0.1, 0.15) is 5.84 Å². The van der Waals surface area contributed by atoms with Gasteiger partial charge >= 0.3 is 0 Å². The molecule has 0 amide bonds. The fourth-order valence-corrected chi connectivity index (χ4v) is 4.52. The van der Waals surface area contributed by atoms with E-state index in [0.717, 1.165) is 45.6 Å². The van der Waals surface area contributed by atoms with E-state index in [1.807, 2.05) is 48.5 Å². The molecule has 0 heterocycles. The number of hydrogen-bond donors (Lipinski definition) is 2. The van der Waals surface area contributed by atoms with Gasteiger partial charge in [0, 0.05) is 19.2 Å². The number of anilines is 2. The highest BCUT2D eigenvalue weighted by molar-refractivity contribution is 6.07. The molecule has 0 aliphatic carbocycles. The summed E-state index contributed by atoms with van der Waals surface area (Å²) >= 11 is 0. The summed E-state index contributed by atoms with van der Waals surface area (Å²) in [4.78, 5) is 6.90. The summed E-state index contributed by atoms with van der Waals surface area (Å²) in [6.07, 6.45) is 0. The van der Waals surface area contributed by atoms with Crippen molar-refractivity contribution in [3.63, 3.8) is 0 Å². The third kappa shape index (κ3) is 5.08. The van der Waals surface area contributed by atoms with E-state index in [2.05, 4.69) is 78.7 Å². The van der Waals surface area contributed by atoms with Gasteiger partial charge in [-0.2, -0.15) is 0 Å². The number of nitrogens with zero attached hydrogens (tertiary/aromatic N) is 2. The largest absolute Gasteiger partial charge is 0.397 e. The Balaban J connectivity index is 1.46. The Morgan fingerprint density at radius 2 is 1.36 bits per heavy atom. The molecular weight excluding hydrogens is 440 g/mol. The van der Waals surface area contributed by atoms with E-state index >= 15 is 0 Å². The molecule has 0 bridgehead atoms. The number of rotatable bonds is 7. The fourth-order valence-electron chi connectivity index (χ4n) is 4.52. The van der Waals surface area contributed by atoms with Gasteiger partial charge in [0.15, 0.2) is 0 Å². The number of hydrogen-bond acceptors (Lipinski definition) is 3. The number of fused-ring (bicyclic) bond motifs is 1. The first-order chi connectivity index (χ1) is 17.6. The number of para-hydroxylation sites is 2. The van der Waals surface area contributed by atoms with E-state index in [4.69, 9.17) is 16.5 Å². The molecule has 5 aromatic carbocycles. The van der Waals surface area contributed by atoms with Gasteiger partial charge in [-0.3, -0.25) is 4.99 Å². The molecule has 36 heavy (non-hydrogen) atoms. The van der Waals surface area contributed by atoms with Crippen LogP contribution in [0.4, 0.5) is 11.4 Å². The molecule has 0 saturated carbocycles. The number of nitrogens with two attached hydrogens (primary N) is 2. The minimum atomic E-state index is 0.544. The molecule has 4 heteroatoms. The van der Waals surface area contributed by atoms with Gasteiger partial charge in [-0.1, -0.05) is 91.0 Å². The van der Waals surface area contributed by atoms with Crippen LogP contribution >= 0.6 is 0 Å². The van der Waals surface area contributed by atoms with E-state index in [1.54, 1.807) is 0 Å². The van der Waals surface area contributed by atoms with Gasteiger partial charge < -0.3 is 16.4 Å². The van der Waals surface area contributed by atoms with Crippen molar-refractivity contribution in [1.29, 1.82) is 0 Å². The van der Waals surface area contributed by atoms with Crippen LogP contribution in [-0.4, -0.2) is 12.9 Å². The van der Waals surface area contributed by atoms with E-state index in [1.165, 1.54) is 10.9 Å². The topological polar surface area (TPSA) is 67.6 Å². The summed E-state index contributed by atoms with van der Waals surface area (Å²) in [7, 11) is 2.06. The first-order valence-electron chi connectivity index (χ1n) is 12.1. The molecule has 5 rings (SSSR count). The molecule has 0 unspecified atom stereocenters. The van der Waals surface area contributed by atoms with Crippen LogP contribution in [0.5, 0.6) is 0 Å². The van der Waals surface area contributed by atoms with Gasteiger partial charge in [-0.25, -0.2) is 0 Å². The van der Waals surface area contributed by atoms with E-state index in [9.17, 15) is 0 Å². The highest BCUT2D eigenvalue weighted by atomic mass is 15.1. The number of amidine groups is 1. The van der Waals surface area contributed by atoms with Crippen LogP contribution in [0.25, 0.3) is 21.9 Å². The average molecular weight is 471 g/mol. The molecule has 0 saturated heterocycles. The van der Waals surface area contributed by atoms with Crippen LogP contribution in [0, 0.1) is 0 Å². The summed E-state index contributed by atoms with van der Waals surface area (Å²) in [6.45, 7) is 1.31. The van der Waals surface area contributed by atoms with Crippen molar-refractivity contribution in [2.45, 2.75) is 13.1 Å². The molecule has 0 aliphatic rings. The van der Waals surface area contributed by atoms with Crippen LogP contribution in [0.2, 0.25) is 0 Å². The quantitative estimate of drug-likeness (QED) is 0.159. The highest BCUT2D eigenvalue weighted by Gasteiger charge is 2.12. The second-order valence-corrected chi connectivity index (χ2v) is 9.04. The van der Waals surface area contributed by atoms with Gasteiger partial charge in [0.05, 0.1) is 17.9 Å². The third-order valence-electron chi connectivity index (χ3n) is 6.47. The first-order valence-corrected chi connectivity index (χ1v) is 12.1. The smallest absolute Gasteiger partial charge is 0.126 e. The monoisotopic (exact) mass is 470 g/mol. The molecule has 0 aliphatic heterocycles. The maximum Gasteiger partial charge on any atom is 0.126 e. The number of nitrogen functional groups attached to an aromatic ring is 1. The van der Waals surface area contributed by atoms with Gasteiger partial charge in [-0.05, 0) is 57.3 Å². The third-order valence-corrected chi connectivity index (χ3v) is 6.47. The Morgan fingerprint density at radius 1 is 0.722 bits per heavy atom. The molecule has 0 atom stereocenters.